The Hall–Kier alpha value is -3.57. The van der Waals surface area contributed by atoms with Gasteiger partial charge in [0.05, 0.1) is 35.2 Å². The molecule has 3 N–H and O–H groups in total. The van der Waals surface area contributed by atoms with Crippen molar-refractivity contribution in [1.29, 1.82) is 0 Å². The molecular weight excluding hydrogens is 466 g/mol. The fourth-order valence-corrected chi connectivity index (χ4v) is 4.98. The molecule has 0 atom stereocenters. The quantitative estimate of drug-likeness (QED) is 0.444. The first-order valence-electron chi connectivity index (χ1n) is 9.65. The number of sulfonamides is 2. The highest BCUT2D eigenvalue weighted by Crippen LogP contribution is 2.28. The fraction of sp³-hybridized carbons (Fsp3) is 0.136. The number of rotatable bonds is 8. The lowest BCUT2D eigenvalue weighted by atomic mass is 10.1. The van der Waals surface area contributed by atoms with E-state index in [1.165, 1.54) is 25.3 Å². The van der Waals surface area contributed by atoms with Crippen LogP contribution in [0.3, 0.4) is 0 Å². The number of methoxy groups -OCH3 is 1. The van der Waals surface area contributed by atoms with Crippen LogP contribution in [0.1, 0.15) is 15.9 Å². The van der Waals surface area contributed by atoms with Crippen LogP contribution in [-0.2, 0) is 20.0 Å². The number of aryl methyl sites for hydroxylation is 1. The van der Waals surface area contributed by atoms with Crippen molar-refractivity contribution in [3.05, 3.63) is 77.9 Å². The largest absolute Gasteiger partial charge is 0.495 e. The zero-order chi connectivity index (χ0) is 24.2. The molecule has 0 heterocycles. The molecule has 0 aliphatic heterocycles. The highest BCUT2D eigenvalue weighted by molar-refractivity contribution is 7.92. The Morgan fingerprint density at radius 3 is 2.15 bits per heavy atom. The number of nitrogens with one attached hydrogen (secondary N) is 3. The first-order chi connectivity index (χ1) is 15.5. The van der Waals surface area contributed by atoms with E-state index in [1.54, 1.807) is 55.5 Å². The second-order valence-electron chi connectivity index (χ2n) is 7.16. The molecule has 0 aliphatic carbocycles. The topological polar surface area (TPSA) is 131 Å². The van der Waals surface area contributed by atoms with Gasteiger partial charge in [0.15, 0.2) is 0 Å². The van der Waals surface area contributed by atoms with Gasteiger partial charge in [-0.2, -0.15) is 0 Å². The molecule has 0 unspecified atom stereocenters. The summed E-state index contributed by atoms with van der Waals surface area (Å²) < 4.78 is 59.3. The predicted octanol–water partition coefficient (Wildman–Crippen LogP) is 3.43. The van der Waals surface area contributed by atoms with Crippen molar-refractivity contribution in [2.45, 2.75) is 11.8 Å². The van der Waals surface area contributed by atoms with E-state index in [4.69, 9.17) is 4.74 Å². The van der Waals surface area contributed by atoms with Gasteiger partial charge in [0.1, 0.15) is 5.75 Å². The highest BCUT2D eigenvalue weighted by atomic mass is 32.2. The maximum atomic E-state index is 13.1. The molecule has 3 aromatic rings. The average Bonchev–Trinajstić information content (AvgIpc) is 2.74. The second-order valence-corrected chi connectivity index (χ2v) is 10.6. The third kappa shape index (κ3) is 6.02. The van der Waals surface area contributed by atoms with Gasteiger partial charge in [-0.25, -0.2) is 16.8 Å². The maximum absolute atomic E-state index is 13.1. The van der Waals surface area contributed by atoms with Gasteiger partial charge in [-0.3, -0.25) is 14.2 Å². The van der Waals surface area contributed by atoms with Crippen LogP contribution in [0, 0.1) is 6.92 Å². The molecule has 9 nitrogen and oxygen atoms in total. The number of benzene rings is 3. The van der Waals surface area contributed by atoms with Crippen LogP contribution < -0.4 is 19.5 Å². The van der Waals surface area contributed by atoms with Gasteiger partial charge in [0.2, 0.25) is 10.0 Å². The lowest BCUT2D eigenvalue weighted by molar-refractivity contribution is 0.102. The predicted molar refractivity (Wildman–Crippen MR) is 128 cm³/mol. The summed E-state index contributed by atoms with van der Waals surface area (Å²) in [6.45, 7) is 1.63. The van der Waals surface area contributed by atoms with Crippen LogP contribution in [-0.4, -0.2) is 36.1 Å². The Bertz CT molecular complexity index is 1400. The van der Waals surface area contributed by atoms with E-state index in [9.17, 15) is 21.6 Å². The molecule has 3 rings (SSSR count). The summed E-state index contributed by atoms with van der Waals surface area (Å²) in [7, 11) is -6.17. The Kier molecular flexibility index (Phi) is 6.94. The Balaban J connectivity index is 1.90. The number of hydrogen-bond donors (Lipinski definition) is 3. The fourth-order valence-electron chi connectivity index (χ4n) is 3.06. The standard InChI is InChI=1S/C22H23N3O6S2/c1-15-12-13-16(23-22(26)17-8-4-5-9-18(17)24-32(3,27)28)14-21(15)33(29,30)25-19-10-6-7-11-20(19)31-2/h4-14,24-25H,1-3H3,(H,23,26). The normalized spacial score (nSPS) is 11.5. The summed E-state index contributed by atoms with van der Waals surface area (Å²) >= 11 is 0. The SMILES string of the molecule is COc1ccccc1NS(=O)(=O)c1cc(NC(=O)c2ccccc2NS(C)(=O)=O)ccc1C. The van der Waals surface area contributed by atoms with Gasteiger partial charge in [-0.15, -0.1) is 0 Å². The molecule has 0 aromatic heterocycles. The number of anilines is 3. The number of ether oxygens (including phenoxy) is 1. The molecule has 174 valence electrons. The van der Waals surface area contributed by atoms with Crippen molar-refractivity contribution >= 4 is 43.0 Å². The highest BCUT2D eigenvalue weighted by Gasteiger charge is 2.20. The van der Waals surface area contributed by atoms with Crippen LogP contribution in [0.25, 0.3) is 0 Å². The molecular formula is C22H23N3O6S2. The Morgan fingerprint density at radius 1 is 0.848 bits per heavy atom. The third-order valence-corrected chi connectivity index (χ3v) is 6.65. The van der Waals surface area contributed by atoms with Gasteiger partial charge in [0, 0.05) is 5.69 Å². The number of amides is 1. The molecule has 11 heteroatoms. The molecule has 1 amide bonds. The Morgan fingerprint density at radius 2 is 1.48 bits per heavy atom. The molecule has 0 fully saturated rings. The van der Waals surface area contributed by atoms with Crippen molar-refractivity contribution < 1.29 is 26.4 Å². The monoisotopic (exact) mass is 489 g/mol. The molecule has 0 radical (unpaired) electrons. The first kappa shape index (κ1) is 24.1. The van der Waals surface area contributed by atoms with Crippen LogP contribution in [0.4, 0.5) is 17.1 Å². The van der Waals surface area contributed by atoms with E-state index >= 15 is 0 Å². The van der Waals surface area contributed by atoms with E-state index in [0.717, 1.165) is 6.26 Å². The van der Waals surface area contributed by atoms with Gasteiger partial charge in [0.25, 0.3) is 15.9 Å². The van der Waals surface area contributed by atoms with Crippen LogP contribution in [0.15, 0.2) is 71.6 Å². The van der Waals surface area contributed by atoms with Gasteiger partial charge >= 0.3 is 0 Å². The summed E-state index contributed by atoms with van der Waals surface area (Å²) in [5.74, 6) is -0.246. The molecule has 0 saturated heterocycles. The minimum atomic E-state index is -4.00. The zero-order valence-electron chi connectivity index (χ0n) is 18.1. The summed E-state index contributed by atoms with van der Waals surface area (Å²) in [4.78, 5) is 12.8. The second kappa shape index (κ2) is 9.51. The van der Waals surface area contributed by atoms with Crippen molar-refractivity contribution in [3.63, 3.8) is 0 Å². The minimum absolute atomic E-state index is 0.0336. The average molecular weight is 490 g/mol. The van der Waals surface area contributed by atoms with Crippen molar-refractivity contribution in [3.8, 4) is 5.75 Å². The maximum Gasteiger partial charge on any atom is 0.262 e. The molecule has 3 aromatic carbocycles. The number of carbonyl (C=O) groups excluding carboxylic acids is 1. The van der Waals surface area contributed by atoms with E-state index in [-0.39, 0.29) is 27.5 Å². The number of carbonyl (C=O) groups is 1. The lowest BCUT2D eigenvalue weighted by Gasteiger charge is -2.15. The molecule has 0 saturated carbocycles. The summed E-state index contributed by atoms with van der Waals surface area (Å²) in [5, 5.41) is 2.62. The van der Waals surface area contributed by atoms with E-state index in [1.807, 2.05) is 0 Å². The van der Waals surface area contributed by atoms with Crippen molar-refractivity contribution in [2.24, 2.45) is 0 Å². The van der Waals surface area contributed by atoms with Gasteiger partial charge in [-0.1, -0.05) is 30.3 Å². The number of para-hydroxylation sites is 3. The molecule has 0 spiro atoms. The van der Waals surface area contributed by atoms with Crippen molar-refractivity contribution in [1.82, 2.24) is 0 Å². The summed E-state index contributed by atoms with van der Waals surface area (Å²) in [6, 6.07) is 17.1. The lowest BCUT2D eigenvalue weighted by Crippen LogP contribution is -2.18. The third-order valence-electron chi connectivity index (χ3n) is 4.55. The smallest absolute Gasteiger partial charge is 0.262 e. The van der Waals surface area contributed by atoms with E-state index in [2.05, 4.69) is 14.8 Å². The van der Waals surface area contributed by atoms with E-state index in [0.29, 0.717) is 11.3 Å². The van der Waals surface area contributed by atoms with Crippen molar-refractivity contribution in [2.75, 3.05) is 28.1 Å². The van der Waals surface area contributed by atoms with Crippen LogP contribution >= 0.6 is 0 Å². The zero-order valence-corrected chi connectivity index (χ0v) is 19.7. The van der Waals surface area contributed by atoms with Crippen LogP contribution in [0.2, 0.25) is 0 Å². The summed E-state index contributed by atoms with van der Waals surface area (Å²) in [5.41, 5.74) is 1.15. The van der Waals surface area contributed by atoms with Crippen LogP contribution in [0.5, 0.6) is 5.75 Å². The molecule has 0 bridgehead atoms. The number of hydrogen-bond acceptors (Lipinski definition) is 6. The molecule has 0 aliphatic rings. The summed E-state index contributed by atoms with van der Waals surface area (Å²) in [6.07, 6.45) is 0.980. The Labute approximate surface area is 192 Å². The minimum Gasteiger partial charge on any atom is -0.495 e. The molecule has 33 heavy (non-hydrogen) atoms. The van der Waals surface area contributed by atoms with Gasteiger partial charge in [-0.05, 0) is 48.9 Å². The van der Waals surface area contributed by atoms with E-state index < -0.39 is 26.0 Å². The first-order valence-corrected chi connectivity index (χ1v) is 13.0. The van der Waals surface area contributed by atoms with Gasteiger partial charge < -0.3 is 10.1 Å².